The van der Waals surface area contributed by atoms with Crippen LogP contribution in [0.1, 0.15) is 47.7 Å². The molecule has 0 radical (unpaired) electrons. The largest absolute Gasteiger partial charge is 0.322 e. The van der Waals surface area contributed by atoms with Crippen molar-refractivity contribution in [3.05, 3.63) is 65.2 Å². The van der Waals surface area contributed by atoms with E-state index in [9.17, 15) is 13.6 Å². The minimum atomic E-state index is -2.64. The lowest BCUT2D eigenvalue weighted by atomic mass is 10.1. The molecule has 1 fully saturated rings. The third kappa shape index (κ3) is 4.11. The van der Waals surface area contributed by atoms with E-state index < -0.39 is 6.43 Å². The minimum Gasteiger partial charge on any atom is -0.322 e. The molecule has 0 atom stereocenters. The van der Waals surface area contributed by atoms with E-state index in [4.69, 9.17) is 0 Å². The minimum absolute atomic E-state index is 0.0957. The average molecular weight is 385 g/mol. The van der Waals surface area contributed by atoms with Gasteiger partial charge < -0.3 is 5.32 Å². The molecule has 0 unspecified atom stereocenters. The Balaban J connectivity index is 1.41. The molecule has 4 rings (SSSR count). The Morgan fingerprint density at radius 1 is 1.32 bits per heavy atom. The van der Waals surface area contributed by atoms with Crippen LogP contribution in [-0.2, 0) is 17.9 Å². The monoisotopic (exact) mass is 385 g/mol. The van der Waals surface area contributed by atoms with Gasteiger partial charge in [-0.2, -0.15) is 10.2 Å². The molecule has 1 aromatic carbocycles. The van der Waals surface area contributed by atoms with Crippen molar-refractivity contribution < 1.29 is 13.6 Å². The molecule has 2 aromatic heterocycles. The molecule has 3 aromatic rings. The first-order valence-corrected chi connectivity index (χ1v) is 9.22. The van der Waals surface area contributed by atoms with Crippen LogP contribution in [-0.4, -0.2) is 25.5 Å². The number of hydrogen-bond acceptors (Lipinski definition) is 3. The second-order valence-corrected chi connectivity index (χ2v) is 7.13. The molecule has 0 spiro atoms. The van der Waals surface area contributed by atoms with E-state index in [0.29, 0.717) is 17.9 Å². The number of nitrogens with zero attached hydrogens (tertiary/aromatic N) is 4. The first-order valence-electron chi connectivity index (χ1n) is 9.22. The molecule has 6 nitrogen and oxygen atoms in total. The van der Waals surface area contributed by atoms with Crippen LogP contribution >= 0.6 is 0 Å². The van der Waals surface area contributed by atoms with Crippen LogP contribution in [0.4, 0.5) is 14.5 Å². The lowest BCUT2D eigenvalue weighted by Gasteiger charge is -2.07. The van der Waals surface area contributed by atoms with Crippen LogP contribution in [0.15, 0.2) is 42.7 Å². The van der Waals surface area contributed by atoms with Gasteiger partial charge in [0.05, 0.1) is 18.4 Å². The van der Waals surface area contributed by atoms with Gasteiger partial charge in [0, 0.05) is 17.8 Å². The normalized spacial score (nSPS) is 13.9. The quantitative estimate of drug-likeness (QED) is 0.671. The summed E-state index contributed by atoms with van der Waals surface area (Å²) in [7, 11) is 0. The summed E-state index contributed by atoms with van der Waals surface area (Å²) < 4.78 is 29.0. The standard InChI is InChI=1S/C20H21F2N5O/c1-13-4-2-3-5-15(13)10-26-11-16(9-23-26)24-19(28)12-27-18(14-6-7-14)8-17(25-27)20(21)22/h2-5,8-9,11,14,20H,6-7,10,12H2,1H3,(H,24,28). The number of aryl methyl sites for hydroxylation is 1. The Morgan fingerprint density at radius 3 is 2.82 bits per heavy atom. The van der Waals surface area contributed by atoms with Crippen LogP contribution in [0.2, 0.25) is 0 Å². The lowest BCUT2D eigenvalue weighted by molar-refractivity contribution is -0.117. The Morgan fingerprint density at radius 2 is 2.11 bits per heavy atom. The van der Waals surface area contributed by atoms with Gasteiger partial charge in [0.2, 0.25) is 5.91 Å². The van der Waals surface area contributed by atoms with Gasteiger partial charge in [-0.3, -0.25) is 14.2 Å². The van der Waals surface area contributed by atoms with Crippen LogP contribution in [0.5, 0.6) is 0 Å². The topological polar surface area (TPSA) is 64.7 Å². The van der Waals surface area contributed by atoms with E-state index in [-0.39, 0.29) is 24.1 Å². The van der Waals surface area contributed by atoms with Gasteiger partial charge in [-0.05, 0) is 37.0 Å². The molecule has 1 N–H and O–H groups in total. The number of hydrogen-bond donors (Lipinski definition) is 1. The Labute approximate surface area is 161 Å². The van der Waals surface area contributed by atoms with E-state index in [2.05, 4.69) is 15.5 Å². The molecule has 0 saturated heterocycles. The van der Waals surface area contributed by atoms with Crippen molar-refractivity contribution >= 4 is 11.6 Å². The van der Waals surface area contributed by atoms with E-state index in [1.54, 1.807) is 17.1 Å². The van der Waals surface area contributed by atoms with Gasteiger partial charge in [-0.15, -0.1) is 0 Å². The average Bonchev–Trinajstić information content (AvgIpc) is 3.27. The zero-order valence-corrected chi connectivity index (χ0v) is 15.5. The number of benzene rings is 1. The van der Waals surface area contributed by atoms with E-state index in [1.165, 1.54) is 16.3 Å². The summed E-state index contributed by atoms with van der Waals surface area (Å²) in [5, 5.41) is 11.0. The number of carbonyl (C=O) groups excluding carboxylic acids is 1. The number of carbonyl (C=O) groups is 1. The molecule has 0 aliphatic heterocycles. The second kappa shape index (κ2) is 7.53. The summed E-state index contributed by atoms with van der Waals surface area (Å²) in [5.74, 6) is -0.0917. The number of rotatable bonds is 7. The molecular formula is C20H21F2N5O. The summed E-state index contributed by atoms with van der Waals surface area (Å²) in [5.41, 5.74) is 3.31. The third-order valence-electron chi connectivity index (χ3n) is 4.85. The lowest BCUT2D eigenvalue weighted by Crippen LogP contribution is -2.20. The van der Waals surface area contributed by atoms with Crippen molar-refractivity contribution in [3.63, 3.8) is 0 Å². The molecule has 0 bridgehead atoms. The highest BCUT2D eigenvalue weighted by atomic mass is 19.3. The summed E-state index contributed by atoms with van der Waals surface area (Å²) >= 11 is 0. The molecule has 1 saturated carbocycles. The number of alkyl halides is 2. The summed E-state index contributed by atoms with van der Waals surface area (Å²) in [6.45, 7) is 2.55. The second-order valence-electron chi connectivity index (χ2n) is 7.13. The number of amides is 1. The van der Waals surface area contributed by atoms with Crippen LogP contribution < -0.4 is 5.32 Å². The van der Waals surface area contributed by atoms with Crippen molar-refractivity contribution in [2.45, 2.75) is 45.2 Å². The maximum Gasteiger partial charge on any atom is 0.282 e. The third-order valence-corrected chi connectivity index (χ3v) is 4.85. The van der Waals surface area contributed by atoms with Gasteiger partial charge in [-0.25, -0.2) is 8.78 Å². The van der Waals surface area contributed by atoms with Crippen molar-refractivity contribution in [3.8, 4) is 0 Å². The maximum atomic E-state index is 13.0. The first-order chi connectivity index (χ1) is 13.5. The van der Waals surface area contributed by atoms with Crippen LogP contribution in [0.25, 0.3) is 0 Å². The molecule has 1 amide bonds. The molecule has 2 heterocycles. The summed E-state index contributed by atoms with van der Waals surface area (Å²) in [4.78, 5) is 12.4. The highest BCUT2D eigenvalue weighted by Gasteiger charge is 2.30. The van der Waals surface area contributed by atoms with Gasteiger partial charge in [0.25, 0.3) is 6.43 Å². The van der Waals surface area contributed by atoms with Crippen molar-refractivity contribution in [1.29, 1.82) is 0 Å². The van der Waals surface area contributed by atoms with Crippen LogP contribution in [0, 0.1) is 6.92 Å². The maximum absolute atomic E-state index is 13.0. The molecule has 146 valence electrons. The fraction of sp³-hybridized carbons (Fsp3) is 0.350. The smallest absolute Gasteiger partial charge is 0.282 e. The fourth-order valence-electron chi connectivity index (χ4n) is 3.21. The van der Waals surface area contributed by atoms with Gasteiger partial charge >= 0.3 is 0 Å². The predicted molar refractivity (Wildman–Crippen MR) is 100 cm³/mol. The Hall–Kier alpha value is -3.03. The Bertz CT molecular complexity index is 990. The van der Waals surface area contributed by atoms with E-state index in [0.717, 1.165) is 18.4 Å². The van der Waals surface area contributed by atoms with Gasteiger partial charge in [-0.1, -0.05) is 24.3 Å². The molecule has 1 aliphatic carbocycles. The van der Waals surface area contributed by atoms with Crippen molar-refractivity contribution in [2.24, 2.45) is 0 Å². The highest BCUT2D eigenvalue weighted by Crippen LogP contribution is 2.41. The van der Waals surface area contributed by atoms with E-state index >= 15 is 0 Å². The van der Waals surface area contributed by atoms with E-state index in [1.807, 2.05) is 31.2 Å². The Kier molecular flexibility index (Phi) is 4.93. The highest BCUT2D eigenvalue weighted by molar-refractivity contribution is 5.90. The summed E-state index contributed by atoms with van der Waals surface area (Å²) in [6.07, 6.45) is 2.58. The zero-order chi connectivity index (χ0) is 19.7. The molecule has 1 aliphatic rings. The fourth-order valence-corrected chi connectivity index (χ4v) is 3.21. The molecular weight excluding hydrogens is 364 g/mol. The molecule has 8 heteroatoms. The SMILES string of the molecule is Cc1ccccc1Cn1cc(NC(=O)Cn2nc(C(F)F)cc2C2CC2)cn1. The zero-order valence-electron chi connectivity index (χ0n) is 15.5. The van der Waals surface area contributed by atoms with Crippen molar-refractivity contribution in [2.75, 3.05) is 5.32 Å². The van der Waals surface area contributed by atoms with Crippen LogP contribution in [0.3, 0.4) is 0 Å². The summed E-state index contributed by atoms with van der Waals surface area (Å²) in [6, 6.07) is 9.45. The molecule has 28 heavy (non-hydrogen) atoms. The number of anilines is 1. The van der Waals surface area contributed by atoms with Gasteiger partial charge in [0.1, 0.15) is 12.2 Å². The first kappa shape index (κ1) is 18.3. The number of nitrogens with one attached hydrogen (secondary N) is 1. The van der Waals surface area contributed by atoms with Crippen molar-refractivity contribution in [1.82, 2.24) is 19.6 Å². The number of aromatic nitrogens is 4. The van der Waals surface area contributed by atoms with Gasteiger partial charge in [0.15, 0.2) is 0 Å². The predicted octanol–water partition coefficient (Wildman–Crippen LogP) is 3.89. The number of halogens is 2.